The Morgan fingerprint density at radius 1 is 0.280 bits per heavy atom. The van der Waals surface area contributed by atoms with Gasteiger partial charge in [0.15, 0.2) is 0 Å². The fourth-order valence-electron chi connectivity index (χ4n) is 7.57. The van der Waals surface area contributed by atoms with E-state index in [1.54, 1.807) is 0 Å². The predicted octanol–water partition coefficient (Wildman–Crippen LogP) is 14.3. The Labute approximate surface area is 294 Å². The summed E-state index contributed by atoms with van der Waals surface area (Å²) >= 11 is 1.86. The standard InChI is InChI=1S/C48H31NS/c1-2-9-32(10-3-1)35-12-8-13-39(30-35)49(40-24-28-46-45-15-6-7-16-47(45)50-48(46)31-40)38-22-17-33(18-23-38)36-20-25-42-37(29-36)21-27-43-41-14-5-4-11-34(41)19-26-44(42)43/h1-31H. The molecule has 0 aliphatic rings. The van der Waals surface area contributed by atoms with E-state index in [9.17, 15) is 0 Å². The van der Waals surface area contributed by atoms with Gasteiger partial charge in [-0.2, -0.15) is 0 Å². The summed E-state index contributed by atoms with van der Waals surface area (Å²) in [6.45, 7) is 0. The minimum absolute atomic E-state index is 1.12. The lowest BCUT2D eigenvalue weighted by Crippen LogP contribution is -2.09. The molecule has 10 rings (SSSR count). The zero-order valence-electron chi connectivity index (χ0n) is 27.3. The fourth-order valence-corrected chi connectivity index (χ4v) is 8.71. The molecule has 0 aliphatic heterocycles. The van der Waals surface area contributed by atoms with Crippen molar-refractivity contribution in [2.45, 2.75) is 0 Å². The third-order valence-electron chi connectivity index (χ3n) is 10.0. The molecule has 0 atom stereocenters. The van der Waals surface area contributed by atoms with Crippen molar-refractivity contribution in [2.24, 2.45) is 0 Å². The van der Waals surface area contributed by atoms with Gasteiger partial charge < -0.3 is 4.90 Å². The van der Waals surface area contributed by atoms with Crippen molar-refractivity contribution in [1.29, 1.82) is 0 Å². The van der Waals surface area contributed by atoms with E-state index in [4.69, 9.17) is 0 Å². The van der Waals surface area contributed by atoms with Crippen LogP contribution in [0.5, 0.6) is 0 Å². The molecule has 0 aliphatic carbocycles. The van der Waals surface area contributed by atoms with Crippen LogP contribution in [0.1, 0.15) is 0 Å². The summed E-state index contributed by atoms with van der Waals surface area (Å²) in [5, 5.41) is 10.3. The first-order valence-electron chi connectivity index (χ1n) is 17.1. The smallest absolute Gasteiger partial charge is 0.0476 e. The van der Waals surface area contributed by atoms with E-state index in [0.717, 1.165) is 17.1 Å². The second-order valence-electron chi connectivity index (χ2n) is 13.0. The van der Waals surface area contributed by atoms with Crippen LogP contribution in [0.15, 0.2) is 188 Å². The molecule has 0 radical (unpaired) electrons. The third kappa shape index (κ3) is 4.84. The molecule has 0 fully saturated rings. The molecule has 1 nitrogen and oxygen atoms in total. The summed E-state index contributed by atoms with van der Waals surface area (Å²) in [6, 6.07) is 68.7. The maximum Gasteiger partial charge on any atom is 0.0476 e. The Morgan fingerprint density at radius 2 is 0.840 bits per heavy atom. The van der Waals surface area contributed by atoms with E-state index in [-0.39, 0.29) is 0 Å². The van der Waals surface area contributed by atoms with Gasteiger partial charge in [-0.15, -0.1) is 11.3 Å². The van der Waals surface area contributed by atoms with Crippen molar-refractivity contribution in [1.82, 2.24) is 0 Å². The molecular formula is C48H31NS. The highest BCUT2D eigenvalue weighted by Gasteiger charge is 2.16. The SMILES string of the molecule is c1ccc(-c2cccc(N(c3ccc(-c4ccc5c(ccc6c7ccccc7ccc56)c4)cc3)c3ccc4c(c3)sc3ccccc34)c2)cc1. The summed E-state index contributed by atoms with van der Waals surface area (Å²) < 4.78 is 2.61. The monoisotopic (exact) mass is 653 g/mol. The van der Waals surface area contributed by atoms with Crippen LogP contribution in [-0.4, -0.2) is 0 Å². The fraction of sp³-hybridized carbons (Fsp3) is 0. The lowest BCUT2D eigenvalue weighted by molar-refractivity contribution is 1.29. The first-order chi connectivity index (χ1) is 24.8. The first kappa shape index (κ1) is 28.8. The molecule has 234 valence electrons. The van der Waals surface area contributed by atoms with Gasteiger partial charge in [-0.25, -0.2) is 0 Å². The van der Waals surface area contributed by atoms with Crippen LogP contribution in [0.2, 0.25) is 0 Å². The van der Waals surface area contributed by atoms with E-state index in [0.29, 0.717) is 0 Å². The van der Waals surface area contributed by atoms with Crippen LogP contribution in [0.3, 0.4) is 0 Å². The van der Waals surface area contributed by atoms with Crippen LogP contribution >= 0.6 is 11.3 Å². The summed E-state index contributed by atoms with van der Waals surface area (Å²) in [7, 11) is 0. The van der Waals surface area contributed by atoms with Crippen LogP contribution in [0.25, 0.3) is 74.7 Å². The van der Waals surface area contributed by atoms with Gasteiger partial charge in [0.05, 0.1) is 0 Å². The molecule has 1 heterocycles. The van der Waals surface area contributed by atoms with Gasteiger partial charge in [-0.1, -0.05) is 140 Å². The van der Waals surface area contributed by atoms with Crippen molar-refractivity contribution >= 4 is 80.9 Å². The molecule has 0 unspecified atom stereocenters. The quantitative estimate of drug-likeness (QED) is 0.167. The van der Waals surface area contributed by atoms with E-state index >= 15 is 0 Å². The highest BCUT2D eigenvalue weighted by atomic mass is 32.1. The molecule has 0 spiro atoms. The Hall–Kier alpha value is -6.22. The van der Waals surface area contributed by atoms with Gasteiger partial charge >= 0.3 is 0 Å². The minimum atomic E-state index is 1.12. The lowest BCUT2D eigenvalue weighted by atomic mass is 9.95. The van der Waals surface area contributed by atoms with Crippen molar-refractivity contribution < 1.29 is 0 Å². The summed E-state index contributed by atoms with van der Waals surface area (Å²) in [5.41, 5.74) is 8.22. The van der Waals surface area contributed by atoms with Crippen LogP contribution in [-0.2, 0) is 0 Å². The normalized spacial score (nSPS) is 11.6. The number of hydrogen-bond donors (Lipinski definition) is 0. The number of hydrogen-bond acceptors (Lipinski definition) is 2. The molecule has 0 saturated carbocycles. The third-order valence-corrected chi connectivity index (χ3v) is 11.2. The number of fused-ring (bicyclic) bond motifs is 8. The van der Waals surface area contributed by atoms with Gasteiger partial charge in [-0.3, -0.25) is 0 Å². The molecule has 10 aromatic rings. The molecule has 0 bridgehead atoms. The highest BCUT2D eigenvalue weighted by Crippen LogP contribution is 2.42. The summed E-state index contributed by atoms with van der Waals surface area (Å²) in [4.78, 5) is 2.39. The van der Waals surface area contributed by atoms with Gasteiger partial charge in [0.2, 0.25) is 0 Å². The number of rotatable bonds is 5. The summed E-state index contributed by atoms with van der Waals surface area (Å²) in [6.07, 6.45) is 0. The number of thiophene rings is 1. The second kappa shape index (κ2) is 11.7. The maximum atomic E-state index is 2.39. The highest BCUT2D eigenvalue weighted by molar-refractivity contribution is 7.25. The van der Waals surface area contributed by atoms with Crippen LogP contribution in [0, 0.1) is 0 Å². The zero-order valence-corrected chi connectivity index (χ0v) is 28.1. The molecule has 0 saturated heterocycles. The van der Waals surface area contributed by atoms with E-state index in [1.807, 2.05) is 11.3 Å². The van der Waals surface area contributed by atoms with Gasteiger partial charge in [0, 0.05) is 37.2 Å². The Morgan fingerprint density at radius 3 is 1.70 bits per heavy atom. The predicted molar refractivity (Wildman–Crippen MR) is 217 cm³/mol. The van der Waals surface area contributed by atoms with Gasteiger partial charge in [-0.05, 0) is 103 Å². The van der Waals surface area contributed by atoms with Crippen molar-refractivity contribution in [2.75, 3.05) is 4.90 Å². The number of nitrogens with zero attached hydrogens (tertiary/aromatic N) is 1. The molecule has 2 heteroatoms. The average molecular weight is 654 g/mol. The number of anilines is 3. The van der Waals surface area contributed by atoms with Gasteiger partial charge in [0.25, 0.3) is 0 Å². The van der Waals surface area contributed by atoms with Crippen molar-refractivity contribution in [3.05, 3.63) is 188 Å². The van der Waals surface area contributed by atoms with E-state index in [1.165, 1.54) is 74.7 Å². The molecular weight excluding hydrogens is 623 g/mol. The Balaban J connectivity index is 1.07. The molecule has 9 aromatic carbocycles. The van der Waals surface area contributed by atoms with Crippen LogP contribution in [0.4, 0.5) is 17.1 Å². The average Bonchev–Trinajstić information content (AvgIpc) is 3.56. The molecule has 50 heavy (non-hydrogen) atoms. The van der Waals surface area contributed by atoms with Gasteiger partial charge in [0.1, 0.15) is 0 Å². The van der Waals surface area contributed by atoms with E-state index in [2.05, 4.69) is 193 Å². The molecule has 0 amide bonds. The molecule has 1 aromatic heterocycles. The number of benzene rings is 9. The minimum Gasteiger partial charge on any atom is -0.310 e. The topological polar surface area (TPSA) is 3.24 Å². The molecule has 0 N–H and O–H groups in total. The second-order valence-corrected chi connectivity index (χ2v) is 14.0. The van der Waals surface area contributed by atoms with Crippen molar-refractivity contribution in [3.8, 4) is 22.3 Å². The Kier molecular flexibility index (Phi) is 6.75. The lowest BCUT2D eigenvalue weighted by Gasteiger charge is -2.26. The first-order valence-corrected chi connectivity index (χ1v) is 17.9. The van der Waals surface area contributed by atoms with E-state index < -0.39 is 0 Å². The summed E-state index contributed by atoms with van der Waals surface area (Å²) in [5.74, 6) is 0. The Bertz CT molecular complexity index is 2870. The van der Waals surface area contributed by atoms with Crippen LogP contribution < -0.4 is 4.90 Å². The maximum absolute atomic E-state index is 2.39. The largest absolute Gasteiger partial charge is 0.310 e. The van der Waals surface area contributed by atoms with Crippen molar-refractivity contribution in [3.63, 3.8) is 0 Å². The zero-order chi connectivity index (χ0) is 33.0.